The molecular weight excluding hydrogens is 385 g/mol. The van der Waals surface area contributed by atoms with Crippen LogP contribution in [0, 0.1) is 5.82 Å². The van der Waals surface area contributed by atoms with Gasteiger partial charge in [-0.25, -0.2) is 4.39 Å². The molecule has 0 aliphatic carbocycles. The van der Waals surface area contributed by atoms with Gasteiger partial charge < -0.3 is 9.47 Å². The van der Waals surface area contributed by atoms with Gasteiger partial charge in [-0.3, -0.25) is 9.69 Å². The van der Waals surface area contributed by atoms with E-state index >= 15 is 0 Å². The predicted molar refractivity (Wildman–Crippen MR) is 111 cm³/mol. The number of ether oxygens (including phenoxy) is 2. The number of rotatable bonds is 6. The number of hydrogen-bond donors (Lipinski definition) is 0. The van der Waals surface area contributed by atoms with Gasteiger partial charge in [0, 0.05) is 0 Å². The maximum absolute atomic E-state index is 13.5. The van der Waals surface area contributed by atoms with E-state index in [1.807, 2.05) is 32.0 Å². The van der Waals surface area contributed by atoms with E-state index in [4.69, 9.17) is 21.7 Å². The number of amides is 1. The van der Waals surface area contributed by atoms with Crippen molar-refractivity contribution in [3.05, 3.63) is 58.8 Å². The summed E-state index contributed by atoms with van der Waals surface area (Å²) in [7, 11) is 0. The Kier molecular flexibility index (Phi) is 6.13. The van der Waals surface area contributed by atoms with Crippen LogP contribution >= 0.6 is 24.0 Å². The average molecular weight is 404 g/mol. The van der Waals surface area contributed by atoms with E-state index in [-0.39, 0.29) is 5.91 Å². The molecule has 0 N–H and O–H groups in total. The molecule has 1 saturated heterocycles. The highest BCUT2D eigenvalue weighted by Crippen LogP contribution is 2.37. The molecule has 3 rings (SSSR count). The van der Waals surface area contributed by atoms with Gasteiger partial charge in [0.1, 0.15) is 5.82 Å². The van der Waals surface area contributed by atoms with Gasteiger partial charge in [0.25, 0.3) is 5.91 Å². The molecule has 0 bridgehead atoms. The zero-order valence-corrected chi connectivity index (χ0v) is 16.5. The van der Waals surface area contributed by atoms with Crippen molar-refractivity contribution in [3.63, 3.8) is 0 Å². The van der Waals surface area contributed by atoms with Crippen molar-refractivity contribution in [2.24, 2.45) is 0 Å². The van der Waals surface area contributed by atoms with Crippen molar-refractivity contribution in [2.45, 2.75) is 13.8 Å². The fourth-order valence-corrected chi connectivity index (χ4v) is 3.91. The number of carbonyl (C=O) groups excluding carboxylic acids is 1. The van der Waals surface area contributed by atoms with Gasteiger partial charge in [-0.2, -0.15) is 0 Å². The molecule has 4 nitrogen and oxygen atoms in total. The van der Waals surface area contributed by atoms with Gasteiger partial charge in [0.05, 0.1) is 23.8 Å². The van der Waals surface area contributed by atoms with Gasteiger partial charge in [0.15, 0.2) is 15.8 Å². The number of nitrogens with zero attached hydrogens (tertiary/aromatic N) is 1. The summed E-state index contributed by atoms with van der Waals surface area (Å²) in [5, 5.41) is 0. The second-order valence-corrected chi connectivity index (χ2v) is 7.24. The molecule has 0 atom stereocenters. The highest BCUT2D eigenvalue weighted by Gasteiger charge is 2.33. The SMILES string of the molecule is CCOc1ccc(/C=C2\SC(=S)N(c3cccc(F)c3)C2=O)cc1OCC. The second kappa shape index (κ2) is 8.54. The molecule has 2 aromatic carbocycles. The van der Waals surface area contributed by atoms with Crippen LogP contribution in [0.2, 0.25) is 0 Å². The standard InChI is InChI=1S/C20H18FNO3S2/c1-3-24-16-9-8-13(10-17(16)25-4-2)11-18-19(23)22(20(26)27-18)15-7-5-6-14(21)12-15/h5-12H,3-4H2,1-2H3/b18-11-. The van der Waals surface area contributed by atoms with E-state index in [1.165, 1.54) is 28.8 Å². The molecule has 0 unspecified atom stereocenters. The van der Waals surface area contributed by atoms with Crippen molar-refractivity contribution in [1.29, 1.82) is 0 Å². The molecule has 1 heterocycles. The van der Waals surface area contributed by atoms with Crippen molar-refractivity contribution in [1.82, 2.24) is 0 Å². The summed E-state index contributed by atoms with van der Waals surface area (Å²) in [6.07, 6.45) is 1.75. The van der Waals surface area contributed by atoms with Crippen LogP contribution in [0.15, 0.2) is 47.4 Å². The Hall–Kier alpha value is -2.38. The third-order valence-corrected chi connectivity index (χ3v) is 5.03. The van der Waals surface area contributed by atoms with Crippen LogP contribution in [-0.4, -0.2) is 23.4 Å². The first-order valence-corrected chi connectivity index (χ1v) is 9.69. The number of thioether (sulfide) groups is 1. The fraction of sp³-hybridized carbons (Fsp3) is 0.200. The lowest BCUT2D eigenvalue weighted by Gasteiger charge is -2.14. The summed E-state index contributed by atoms with van der Waals surface area (Å²) in [4.78, 5) is 14.6. The van der Waals surface area contributed by atoms with Crippen molar-refractivity contribution < 1.29 is 18.7 Å². The lowest BCUT2D eigenvalue weighted by Crippen LogP contribution is -2.27. The number of benzene rings is 2. The van der Waals surface area contributed by atoms with Crippen LogP contribution in [0.4, 0.5) is 10.1 Å². The number of halogens is 1. The Morgan fingerprint density at radius 2 is 1.85 bits per heavy atom. The van der Waals surface area contributed by atoms with Crippen molar-refractivity contribution in [2.75, 3.05) is 18.1 Å². The van der Waals surface area contributed by atoms with E-state index in [2.05, 4.69) is 0 Å². The smallest absolute Gasteiger partial charge is 0.270 e. The molecule has 1 aliphatic heterocycles. The summed E-state index contributed by atoms with van der Waals surface area (Å²) in [6, 6.07) is 11.3. The van der Waals surface area contributed by atoms with Crippen LogP contribution in [0.5, 0.6) is 11.5 Å². The summed E-state index contributed by atoms with van der Waals surface area (Å²) in [5.41, 5.74) is 1.21. The number of anilines is 1. The van der Waals surface area contributed by atoms with Crippen LogP contribution in [0.25, 0.3) is 6.08 Å². The molecule has 140 valence electrons. The first-order chi connectivity index (χ1) is 13.0. The first-order valence-electron chi connectivity index (χ1n) is 8.46. The third-order valence-electron chi connectivity index (χ3n) is 3.73. The summed E-state index contributed by atoms with van der Waals surface area (Å²) >= 11 is 6.50. The molecule has 27 heavy (non-hydrogen) atoms. The molecule has 1 fully saturated rings. The normalized spacial score (nSPS) is 15.5. The van der Waals surface area contributed by atoms with Crippen LogP contribution < -0.4 is 14.4 Å². The Morgan fingerprint density at radius 3 is 2.56 bits per heavy atom. The van der Waals surface area contributed by atoms with Gasteiger partial charge in [-0.1, -0.05) is 36.1 Å². The minimum atomic E-state index is -0.418. The lowest BCUT2D eigenvalue weighted by atomic mass is 10.1. The highest BCUT2D eigenvalue weighted by atomic mass is 32.2. The van der Waals surface area contributed by atoms with Crippen molar-refractivity contribution >= 4 is 46.0 Å². The Labute approximate surface area is 167 Å². The predicted octanol–water partition coefficient (Wildman–Crippen LogP) is 5.03. The zero-order valence-electron chi connectivity index (χ0n) is 14.9. The molecular formula is C20H18FNO3S2. The van der Waals surface area contributed by atoms with Gasteiger partial charge in [-0.15, -0.1) is 0 Å². The average Bonchev–Trinajstić information content (AvgIpc) is 2.91. The van der Waals surface area contributed by atoms with E-state index in [0.29, 0.717) is 39.6 Å². The summed E-state index contributed by atoms with van der Waals surface area (Å²) in [6.45, 7) is 4.84. The quantitative estimate of drug-likeness (QED) is 0.500. The van der Waals surface area contributed by atoms with E-state index < -0.39 is 5.82 Å². The Balaban J connectivity index is 1.90. The van der Waals surface area contributed by atoms with Gasteiger partial charge in [-0.05, 0) is 55.8 Å². The number of hydrogen-bond acceptors (Lipinski definition) is 5. The topological polar surface area (TPSA) is 38.8 Å². The summed E-state index contributed by atoms with van der Waals surface area (Å²) in [5.74, 6) is 0.582. The van der Waals surface area contributed by atoms with Gasteiger partial charge in [0.2, 0.25) is 0 Å². The Bertz CT molecular complexity index is 914. The minimum absolute atomic E-state index is 0.276. The molecule has 7 heteroatoms. The van der Waals surface area contributed by atoms with E-state index in [9.17, 15) is 9.18 Å². The third kappa shape index (κ3) is 4.31. The fourth-order valence-electron chi connectivity index (χ4n) is 2.61. The highest BCUT2D eigenvalue weighted by molar-refractivity contribution is 8.27. The molecule has 2 aromatic rings. The molecule has 0 saturated carbocycles. The molecule has 0 radical (unpaired) electrons. The molecule has 1 amide bonds. The molecule has 0 spiro atoms. The monoisotopic (exact) mass is 403 g/mol. The number of thiocarbonyl (C=S) groups is 1. The lowest BCUT2D eigenvalue weighted by molar-refractivity contribution is -0.113. The maximum atomic E-state index is 13.5. The second-order valence-electron chi connectivity index (χ2n) is 5.57. The summed E-state index contributed by atoms with van der Waals surface area (Å²) < 4.78 is 25.1. The van der Waals surface area contributed by atoms with E-state index in [0.717, 1.165) is 5.56 Å². The Morgan fingerprint density at radius 1 is 1.11 bits per heavy atom. The molecule has 1 aliphatic rings. The van der Waals surface area contributed by atoms with Crippen LogP contribution in [0.3, 0.4) is 0 Å². The minimum Gasteiger partial charge on any atom is -0.490 e. The van der Waals surface area contributed by atoms with Crippen LogP contribution in [-0.2, 0) is 4.79 Å². The number of carbonyl (C=O) groups is 1. The molecule has 0 aromatic heterocycles. The first kappa shape index (κ1) is 19.4. The van der Waals surface area contributed by atoms with E-state index in [1.54, 1.807) is 18.2 Å². The maximum Gasteiger partial charge on any atom is 0.270 e. The van der Waals surface area contributed by atoms with Crippen molar-refractivity contribution in [3.8, 4) is 11.5 Å². The zero-order chi connectivity index (χ0) is 19.4. The van der Waals surface area contributed by atoms with Gasteiger partial charge >= 0.3 is 0 Å². The largest absolute Gasteiger partial charge is 0.490 e. The van der Waals surface area contributed by atoms with Crippen LogP contribution in [0.1, 0.15) is 19.4 Å².